The first-order valence-electron chi connectivity index (χ1n) is 7.98. The second-order valence-electron chi connectivity index (χ2n) is 6.33. The van der Waals surface area contributed by atoms with Crippen LogP contribution >= 0.6 is 12.2 Å². The van der Waals surface area contributed by atoms with Crippen molar-refractivity contribution >= 4 is 17.3 Å². The number of nitrogens with zero attached hydrogens (tertiary/aromatic N) is 2. The fourth-order valence-corrected chi connectivity index (χ4v) is 4.01. The van der Waals surface area contributed by atoms with Gasteiger partial charge in [0.25, 0.3) is 0 Å². The van der Waals surface area contributed by atoms with Crippen LogP contribution in [0.3, 0.4) is 0 Å². The Morgan fingerprint density at radius 3 is 2.95 bits per heavy atom. The smallest absolute Gasteiger partial charge is 0.169 e. The largest absolute Gasteiger partial charge is 0.376 e. The molecule has 5 heteroatoms. The summed E-state index contributed by atoms with van der Waals surface area (Å²) in [5.74, 6) is 1.37. The van der Waals surface area contributed by atoms with Gasteiger partial charge in [-0.25, -0.2) is 0 Å². The van der Waals surface area contributed by atoms with Crippen molar-refractivity contribution in [2.24, 2.45) is 11.8 Å². The van der Waals surface area contributed by atoms with Gasteiger partial charge in [0, 0.05) is 25.7 Å². The fourth-order valence-electron chi connectivity index (χ4n) is 3.69. The SMILES string of the molecule is N#CCCN(CC1CCCO1)C(=S)NC1CC2C=CC1C2. The Balaban J connectivity index is 1.54. The summed E-state index contributed by atoms with van der Waals surface area (Å²) >= 11 is 5.60. The molecule has 1 heterocycles. The highest BCUT2D eigenvalue weighted by atomic mass is 32.1. The summed E-state index contributed by atoms with van der Waals surface area (Å²) in [6.45, 7) is 2.36. The average Bonchev–Trinajstić information content (AvgIpc) is 3.20. The van der Waals surface area contributed by atoms with Gasteiger partial charge in [-0.3, -0.25) is 0 Å². The van der Waals surface area contributed by atoms with E-state index in [2.05, 4.69) is 28.4 Å². The summed E-state index contributed by atoms with van der Waals surface area (Å²) in [7, 11) is 0. The van der Waals surface area contributed by atoms with Gasteiger partial charge < -0.3 is 15.0 Å². The number of nitrogens with one attached hydrogen (secondary N) is 1. The minimum Gasteiger partial charge on any atom is -0.376 e. The maximum absolute atomic E-state index is 8.85. The third-order valence-corrected chi connectivity index (χ3v) is 5.19. The van der Waals surface area contributed by atoms with Crippen LogP contribution in [0.15, 0.2) is 12.2 Å². The van der Waals surface area contributed by atoms with Crippen molar-refractivity contribution in [2.45, 2.75) is 44.2 Å². The van der Waals surface area contributed by atoms with Crippen molar-refractivity contribution in [2.75, 3.05) is 19.7 Å². The van der Waals surface area contributed by atoms with Crippen LogP contribution in [-0.2, 0) is 4.74 Å². The fraction of sp³-hybridized carbons (Fsp3) is 0.750. The molecular formula is C16H23N3OS. The lowest BCUT2D eigenvalue weighted by Crippen LogP contribution is -2.48. The Kier molecular flexibility index (Phi) is 4.77. The highest BCUT2D eigenvalue weighted by Gasteiger charge is 2.36. The normalized spacial score (nSPS) is 33.1. The zero-order valence-corrected chi connectivity index (χ0v) is 13.1. The number of allylic oxidation sites excluding steroid dienone is 1. The van der Waals surface area contributed by atoms with E-state index < -0.39 is 0 Å². The monoisotopic (exact) mass is 305 g/mol. The van der Waals surface area contributed by atoms with Gasteiger partial charge in [0.15, 0.2) is 5.11 Å². The van der Waals surface area contributed by atoms with E-state index in [-0.39, 0.29) is 6.10 Å². The predicted molar refractivity (Wildman–Crippen MR) is 85.7 cm³/mol. The lowest BCUT2D eigenvalue weighted by atomic mass is 10.0. The van der Waals surface area contributed by atoms with Crippen LogP contribution in [0.25, 0.3) is 0 Å². The minimum atomic E-state index is 0.267. The van der Waals surface area contributed by atoms with E-state index in [0.717, 1.165) is 37.0 Å². The molecule has 1 saturated heterocycles. The molecular weight excluding hydrogens is 282 g/mol. The van der Waals surface area contributed by atoms with Crippen molar-refractivity contribution in [1.29, 1.82) is 5.26 Å². The molecule has 2 bridgehead atoms. The van der Waals surface area contributed by atoms with E-state index in [1.165, 1.54) is 12.8 Å². The number of ether oxygens (including phenoxy) is 1. The topological polar surface area (TPSA) is 48.3 Å². The van der Waals surface area contributed by atoms with E-state index in [1.807, 2.05) is 0 Å². The predicted octanol–water partition coefficient (Wildman–Crippen LogP) is 2.22. The third kappa shape index (κ3) is 3.56. The maximum atomic E-state index is 8.85. The molecule has 2 aliphatic carbocycles. The summed E-state index contributed by atoms with van der Waals surface area (Å²) in [5.41, 5.74) is 0. The van der Waals surface area contributed by atoms with Crippen molar-refractivity contribution in [3.63, 3.8) is 0 Å². The van der Waals surface area contributed by atoms with Crippen LogP contribution in [-0.4, -0.2) is 41.9 Å². The number of hydrogen-bond donors (Lipinski definition) is 1. The Bertz CT molecular complexity index is 453. The Morgan fingerprint density at radius 2 is 2.33 bits per heavy atom. The van der Waals surface area contributed by atoms with Crippen LogP contribution in [0.4, 0.5) is 0 Å². The number of hydrogen-bond acceptors (Lipinski definition) is 3. The van der Waals surface area contributed by atoms with E-state index in [0.29, 0.717) is 24.9 Å². The van der Waals surface area contributed by atoms with Crippen LogP contribution in [0, 0.1) is 23.2 Å². The molecule has 4 unspecified atom stereocenters. The Labute approximate surface area is 132 Å². The summed E-state index contributed by atoms with van der Waals surface area (Å²) in [4.78, 5) is 2.13. The van der Waals surface area contributed by atoms with E-state index in [9.17, 15) is 0 Å². The molecule has 1 aliphatic heterocycles. The molecule has 0 amide bonds. The summed E-state index contributed by atoms with van der Waals surface area (Å²) < 4.78 is 5.71. The second kappa shape index (κ2) is 6.76. The Morgan fingerprint density at radius 1 is 1.43 bits per heavy atom. The number of nitriles is 1. The molecule has 4 nitrogen and oxygen atoms in total. The number of thiocarbonyl (C=S) groups is 1. The van der Waals surface area contributed by atoms with Crippen LogP contribution in [0.2, 0.25) is 0 Å². The quantitative estimate of drug-likeness (QED) is 0.623. The van der Waals surface area contributed by atoms with Gasteiger partial charge in [0.2, 0.25) is 0 Å². The molecule has 3 rings (SSSR count). The molecule has 0 spiro atoms. The number of rotatable bonds is 5. The first-order valence-corrected chi connectivity index (χ1v) is 8.39. The highest BCUT2D eigenvalue weighted by Crippen LogP contribution is 2.39. The molecule has 0 aromatic carbocycles. The van der Waals surface area contributed by atoms with Crippen molar-refractivity contribution in [3.8, 4) is 6.07 Å². The lowest BCUT2D eigenvalue weighted by Gasteiger charge is -2.31. The molecule has 3 aliphatic rings. The van der Waals surface area contributed by atoms with Gasteiger partial charge in [-0.2, -0.15) is 5.26 Å². The van der Waals surface area contributed by atoms with Gasteiger partial charge in [-0.15, -0.1) is 0 Å². The first-order chi connectivity index (χ1) is 10.3. The Hall–Kier alpha value is -1.12. The van der Waals surface area contributed by atoms with E-state index >= 15 is 0 Å². The maximum Gasteiger partial charge on any atom is 0.169 e. The molecule has 21 heavy (non-hydrogen) atoms. The first kappa shape index (κ1) is 14.8. The van der Waals surface area contributed by atoms with Gasteiger partial charge in [-0.1, -0.05) is 12.2 Å². The summed E-state index contributed by atoms with van der Waals surface area (Å²) in [5, 5.41) is 13.2. The molecule has 1 N–H and O–H groups in total. The highest BCUT2D eigenvalue weighted by molar-refractivity contribution is 7.80. The average molecular weight is 305 g/mol. The molecule has 0 radical (unpaired) electrons. The van der Waals surface area contributed by atoms with E-state index in [1.54, 1.807) is 0 Å². The van der Waals surface area contributed by atoms with Gasteiger partial charge in [-0.05, 0) is 49.7 Å². The summed E-state index contributed by atoms with van der Waals surface area (Å²) in [6.07, 6.45) is 10.1. The molecule has 114 valence electrons. The zero-order chi connectivity index (χ0) is 14.7. The van der Waals surface area contributed by atoms with Crippen molar-refractivity contribution < 1.29 is 4.74 Å². The van der Waals surface area contributed by atoms with E-state index in [4.69, 9.17) is 22.2 Å². The standard InChI is InChI=1S/C16H23N3OS/c17-6-2-7-19(11-14-3-1-8-20-14)16(21)18-15-10-12-4-5-13(15)9-12/h4-5,12-15H,1-3,7-11H2,(H,18,21). The third-order valence-electron chi connectivity index (χ3n) is 4.82. The minimum absolute atomic E-state index is 0.267. The lowest BCUT2D eigenvalue weighted by molar-refractivity contribution is 0.0912. The molecule has 4 atom stereocenters. The number of fused-ring (bicyclic) bond motifs is 2. The van der Waals surface area contributed by atoms with Crippen molar-refractivity contribution in [1.82, 2.24) is 10.2 Å². The molecule has 1 saturated carbocycles. The molecule has 0 aromatic heterocycles. The van der Waals surface area contributed by atoms with Gasteiger partial charge >= 0.3 is 0 Å². The van der Waals surface area contributed by atoms with Gasteiger partial charge in [0.05, 0.1) is 18.6 Å². The summed E-state index contributed by atoms with van der Waals surface area (Å²) in [6, 6.07) is 2.69. The zero-order valence-electron chi connectivity index (χ0n) is 12.3. The molecule has 2 fully saturated rings. The second-order valence-corrected chi connectivity index (χ2v) is 6.71. The van der Waals surface area contributed by atoms with Crippen molar-refractivity contribution in [3.05, 3.63) is 12.2 Å². The van der Waals surface area contributed by atoms with Crippen LogP contribution in [0.5, 0.6) is 0 Å². The van der Waals surface area contributed by atoms with Crippen LogP contribution in [0.1, 0.15) is 32.1 Å². The molecule has 0 aromatic rings. The van der Waals surface area contributed by atoms with Gasteiger partial charge in [0.1, 0.15) is 0 Å². The van der Waals surface area contributed by atoms with Crippen LogP contribution < -0.4 is 5.32 Å².